The molecule has 0 atom stereocenters. The van der Waals surface area contributed by atoms with Crippen molar-refractivity contribution in [3.05, 3.63) is 0 Å². The molecule has 0 bridgehead atoms. The molecule has 0 saturated carbocycles. The Morgan fingerprint density at radius 3 is 1.11 bits per heavy atom. The van der Waals surface area contributed by atoms with E-state index in [4.69, 9.17) is 19.2 Å². The minimum atomic E-state index is -4.64. The van der Waals surface area contributed by atoms with Gasteiger partial charge in [-0.1, -0.05) is 0 Å². The van der Waals surface area contributed by atoms with E-state index in [9.17, 15) is 0 Å². The minimum absolute atomic E-state index is 0. The number of hydrogen-bond donors (Lipinski definition) is 4. The zero-order valence-electron chi connectivity index (χ0n) is 3.84. The second kappa shape index (κ2) is 12.7. The number of hydrogen-bond acceptors (Lipinski definition) is 2. The SMILES string of the molecule is B.N.O=P(O)(O)O.[Fe].[Pr]. The van der Waals surface area contributed by atoms with Gasteiger partial charge >= 0.3 is 7.82 Å². The molecular formula is H9BFeNO4PPr. The molecule has 0 aliphatic rings. The normalized spacial score (nSPS) is 6.56. The summed E-state index contributed by atoms with van der Waals surface area (Å²) in [5, 5.41) is 0. The summed E-state index contributed by atoms with van der Waals surface area (Å²) >= 11 is 0. The van der Waals surface area contributed by atoms with Gasteiger partial charge in [0.25, 0.3) is 0 Å². The molecule has 9 heteroatoms. The molecule has 0 amide bonds. The maximum absolute atomic E-state index is 8.88. The quantitative estimate of drug-likeness (QED) is 0.305. The van der Waals surface area contributed by atoms with Gasteiger partial charge in [0.2, 0.25) is 0 Å². The van der Waals surface area contributed by atoms with Gasteiger partial charge in [-0.3, -0.25) is 0 Å². The van der Waals surface area contributed by atoms with E-state index in [0.717, 1.165) is 0 Å². The van der Waals surface area contributed by atoms with Crippen LogP contribution in [0.5, 0.6) is 0 Å². The van der Waals surface area contributed by atoms with Crippen LogP contribution in [0.15, 0.2) is 0 Å². The molecule has 0 unspecified atom stereocenters. The fourth-order valence-corrected chi connectivity index (χ4v) is 0. The molecule has 0 aliphatic carbocycles. The average Bonchev–Trinajstić information content (AvgIpc) is 0.722. The Balaban J connectivity index is -0.0000000133. The van der Waals surface area contributed by atoms with Crippen LogP contribution < -0.4 is 6.15 Å². The monoisotopic (exact) mass is 326 g/mol. The third-order valence-corrected chi connectivity index (χ3v) is 0. The molecule has 0 aromatic carbocycles. The van der Waals surface area contributed by atoms with Crippen LogP contribution in [0.2, 0.25) is 0 Å². The predicted molar refractivity (Wildman–Crippen MR) is 29.2 cm³/mol. The predicted octanol–water partition coefficient (Wildman–Crippen LogP) is -1.95. The first-order valence-corrected chi connectivity index (χ1v) is 2.35. The van der Waals surface area contributed by atoms with Gasteiger partial charge in [0, 0.05) is 58.4 Å². The van der Waals surface area contributed by atoms with Gasteiger partial charge in [0.05, 0.1) is 8.41 Å². The molecule has 57 valence electrons. The van der Waals surface area contributed by atoms with E-state index in [2.05, 4.69) is 0 Å². The van der Waals surface area contributed by atoms with E-state index in [-0.39, 0.29) is 72.9 Å². The van der Waals surface area contributed by atoms with E-state index < -0.39 is 7.82 Å². The molecule has 0 fully saturated rings. The topological polar surface area (TPSA) is 113 Å². The molecule has 5 nitrogen and oxygen atoms in total. The molecule has 0 aromatic heterocycles. The van der Waals surface area contributed by atoms with Gasteiger partial charge in [-0.05, 0) is 0 Å². The maximum Gasteiger partial charge on any atom is 0.466 e. The molecular weight excluding hydrogens is 317 g/mol. The first-order valence-electron chi connectivity index (χ1n) is 0.783. The Bertz CT molecular complexity index is 66.7. The first-order chi connectivity index (χ1) is 2.00. The standard InChI is InChI=1S/BH3.Fe.H3N.H3O4P.Pr/c;;;1-5(2,3)4;/h1H3;;1H3;(H3,1,2,3,4);. The van der Waals surface area contributed by atoms with Crippen LogP contribution in [0.3, 0.4) is 0 Å². The summed E-state index contributed by atoms with van der Waals surface area (Å²) in [7, 11) is -4.64. The summed E-state index contributed by atoms with van der Waals surface area (Å²) in [4.78, 5) is 21.6. The van der Waals surface area contributed by atoms with Crippen molar-refractivity contribution in [3.63, 3.8) is 0 Å². The molecule has 0 aromatic rings. The summed E-state index contributed by atoms with van der Waals surface area (Å²) in [6.45, 7) is 0. The van der Waals surface area contributed by atoms with E-state index in [0.29, 0.717) is 0 Å². The van der Waals surface area contributed by atoms with Crippen molar-refractivity contribution in [2.45, 2.75) is 0 Å². The van der Waals surface area contributed by atoms with Crippen LogP contribution in [0, 0.1) is 41.3 Å². The molecule has 0 rings (SSSR count). The average molecular weight is 326 g/mol. The van der Waals surface area contributed by atoms with Crippen LogP contribution >= 0.6 is 7.82 Å². The van der Waals surface area contributed by atoms with Gasteiger partial charge in [0.15, 0.2) is 0 Å². The molecule has 0 aliphatic heterocycles. The molecule has 6 N–H and O–H groups in total. The largest absolute Gasteiger partial charge is 0.466 e. The summed E-state index contributed by atoms with van der Waals surface area (Å²) < 4.78 is 8.88. The Morgan fingerprint density at radius 1 is 1.11 bits per heavy atom. The van der Waals surface area contributed by atoms with E-state index in [1.54, 1.807) is 0 Å². The van der Waals surface area contributed by atoms with Crippen molar-refractivity contribution in [1.82, 2.24) is 6.15 Å². The van der Waals surface area contributed by atoms with Crippen LogP contribution in [0.1, 0.15) is 0 Å². The van der Waals surface area contributed by atoms with Gasteiger partial charge in [0.1, 0.15) is 0 Å². The summed E-state index contributed by atoms with van der Waals surface area (Å²) in [6, 6.07) is 0. The van der Waals surface area contributed by atoms with Crippen molar-refractivity contribution in [1.29, 1.82) is 0 Å². The van der Waals surface area contributed by atoms with Gasteiger partial charge in [-0.15, -0.1) is 0 Å². The van der Waals surface area contributed by atoms with E-state index in [1.165, 1.54) is 0 Å². The van der Waals surface area contributed by atoms with Gasteiger partial charge < -0.3 is 20.8 Å². The second-order valence-corrected chi connectivity index (χ2v) is 1.54. The fraction of sp³-hybridized carbons (Fsp3) is 0. The van der Waals surface area contributed by atoms with Crippen LogP contribution in [0.25, 0.3) is 0 Å². The Morgan fingerprint density at radius 2 is 1.11 bits per heavy atom. The molecule has 0 heterocycles. The summed E-state index contributed by atoms with van der Waals surface area (Å²) in [6.07, 6.45) is 0. The minimum Gasteiger partial charge on any atom is -0.344 e. The van der Waals surface area contributed by atoms with Gasteiger partial charge in [-0.25, -0.2) is 4.57 Å². The summed E-state index contributed by atoms with van der Waals surface area (Å²) in [5.74, 6) is 0. The van der Waals surface area contributed by atoms with Crippen LogP contribution in [-0.4, -0.2) is 23.1 Å². The van der Waals surface area contributed by atoms with Crippen molar-refractivity contribution in [2.75, 3.05) is 0 Å². The number of phosphoric acid groups is 1. The molecule has 9 heavy (non-hydrogen) atoms. The van der Waals surface area contributed by atoms with Crippen LogP contribution in [0.4, 0.5) is 0 Å². The van der Waals surface area contributed by atoms with Crippen molar-refractivity contribution in [2.24, 2.45) is 0 Å². The van der Waals surface area contributed by atoms with Gasteiger partial charge in [-0.2, -0.15) is 0 Å². The Hall–Kier alpha value is 2.02. The Kier molecular flexibility index (Phi) is 43.0. The zero-order valence-corrected chi connectivity index (χ0v) is 9.54. The van der Waals surface area contributed by atoms with Crippen molar-refractivity contribution >= 4 is 16.2 Å². The molecule has 0 saturated heterocycles. The molecule has 1 radical (unpaired) electrons. The van der Waals surface area contributed by atoms with Crippen LogP contribution in [-0.2, 0) is 21.6 Å². The van der Waals surface area contributed by atoms with E-state index in [1.807, 2.05) is 0 Å². The maximum atomic E-state index is 8.88. The zero-order chi connectivity index (χ0) is 4.50. The van der Waals surface area contributed by atoms with E-state index >= 15 is 0 Å². The smallest absolute Gasteiger partial charge is 0.344 e. The fourth-order valence-electron chi connectivity index (χ4n) is 0. The second-order valence-electron chi connectivity index (χ2n) is 0.513. The first kappa shape index (κ1) is 30.5. The molecule has 0 spiro atoms. The number of rotatable bonds is 0. The summed E-state index contributed by atoms with van der Waals surface area (Å²) in [5.41, 5.74) is 0. The third-order valence-electron chi connectivity index (χ3n) is 0. The third kappa shape index (κ3) is 158. The van der Waals surface area contributed by atoms with Crippen molar-refractivity contribution in [3.8, 4) is 0 Å². The Labute approximate surface area is 98.8 Å². The van der Waals surface area contributed by atoms with Crippen molar-refractivity contribution < 1.29 is 77.6 Å².